The van der Waals surface area contributed by atoms with E-state index in [1.165, 1.54) is 0 Å². The Morgan fingerprint density at radius 3 is 2.71 bits per heavy atom. The first kappa shape index (κ1) is 19.7. The van der Waals surface area contributed by atoms with Gasteiger partial charge in [0.15, 0.2) is 0 Å². The third-order valence-electron chi connectivity index (χ3n) is 5.01. The maximum Gasteiger partial charge on any atom is 0.259 e. The van der Waals surface area contributed by atoms with E-state index in [9.17, 15) is 4.79 Å². The Hall–Kier alpha value is -1.63. The summed E-state index contributed by atoms with van der Waals surface area (Å²) < 4.78 is 6.02. The SMILES string of the molecule is O=C(c1cccnc1O[C@H]1CCSC1)N1CCN(c2cccc(Cl)c2Cl)CC1. The first-order valence-electron chi connectivity index (χ1n) is 9.31. The fraction of sp³-hybridized carbons (Fsp3) is 0.400. The van der Waals surface area contributed by atoms with Crippen LogP contribution in [0.15, 0.2) is 36.5 Å². The van der Waals surface area contributed by atoms with Crippen LogP contribution in [0.25, 0.3) is 0 Å². The van der Waals surface area contributed by atoms with Crippen LogP contribution in [0.4, 0.5) is 5.69 Å². The zero-order chi connectivity index (χ0) is 19.5. The van der Waals surface area contributed by atoms with Crippen molar-refractivity contribution >= 4 is 46.6 Å². The zero-order valence-corrected chi connectivity index (χ0v) is 17.6. The molecule has 2 saturated heterocycles. The van der Waals surface area contributed by atoms with Gasteiger partial charge in [0.25, 0.3) is 5.91 Å². The molecule has 0 spiro atoms. The van der Waals surface area contributed by atoms with E-state index in [0.717, 1.165) is 23.6 Å². The lowest BCUT2D eigenvalue weighted by molar-refractivity contribution is 0.0738. The summed E-state index contributed by atoms with van der Waals surface area (Å²) in [5.74, 6) is 2.45. The number of carbonyl (C=O) groups is 1. The van der Waals surface area contributed by atoms with Gasteiger partial charge in [-0.25, -0.2) is 4.98 Å². The maximum absolute atomic E-state index is 13.1. The Balaban J connectivity index is 1.44. The highest BCUT2D eigenvalue weighted by Crippen LogP contribution is 2.33. The lowest BCUT2D eigenvalue weighted by atomic mass is 10.2. The minimum atomic E-state index is -0.0365. The predicted molar refractivity (Wildman–Crippen MR) is 115 cm³/mol. The van der Waals surface area contributed by atoms with Crippen LogP contribution >= 0.6 is 35.0 Å². The number of benzene rings is 1. The van der Waals surface area contributed by atoms with Crippen molar-refractivity contribution < 1.29 is 9.53 Å². The zero-order valence-electron chi connectivity index (χ0n) is 15.3. The molecular formula is C20H21Cl2N3O2S. The molecular weight excluding hydrogens is 417 g/mol. The number of rotatable bonds is 4. The Bertz CT molecular complexity index is 853. The van der Waals surface area contributed by atoms with Gasteiger partial charge in [0.2, 0.25) is 5.88 Å². The van der Waals surface area contributed by atoms with Crippen molar-refractivity contribution in [2.24, 2.45) is 0 Å². The topological polar surface area (TPSA) is 45.7 Å². The number of thioether (sulfide) groups is 1. The van der Waals surface area contributed by atoms with Crippen LogP contribution < -0.4 is 9.64 Å². The Kier molecular flexibility index (Phi) is 6.19. The van der Waals surface area contributed by atoms with Crippen LogP contribution in [0.2, 0.25) is 10.0 Å². The first-order valence-corrected chi connectivity index (χ1v) is 11.2. The molecule has 0 radical (unpaired) electrons. The molecule has 1 aromatic heterocycles. The predicted octanol–water partition coefficient (Wildman–Crippen LogP) is 4.24. The number of aromatic nitrogens is 1. The van der Waals surface area contributed by atoms with Gasteiger partial charge in [0.1, 0.15) is 11.7 Å². The molecule has 0 N–H and O–H groups in total. The molecule has 0 bridgehead atoms. The average Bonchev–Trinajstić information content (AvgIpc) is 3.23. The molecule has 1 atom stereocenters. The lowest BCUT2D eigenvalue weighted by Crippen LogP contribution is -2.49. The number of nitrogens with zero attached hydrogens (tertiary/aromatic N) is 3. The molecule has 5 nitrogen and oxygen atoms in total. The van der Waals surface area contributed by atoms with E-state index >= 15 is 0 Å². The van der Waals surface area contributed by atoms with Crippen molar-refractivity contribution in [2.45, 2.75) is 12.5 Å². The van der Waals surface area contributed by atoms with Gasteiger partial charge in [-0.15, -0.1) is 0 Å². The number of amides is 1. The van der Waals surface area contributed by atoms with Crippen molar-refractivity contribution in [3.63, 3.8) is 0 Å². The molecule has 148 valence electrons. The third kappa shape index (κ3) is 4.19. The highest BCUT2D eigenvalue weighted by molar-refractivity contribution is 7.99. The molecule has 2 aliphatic rings. The fourth-order valence-electron chi connectivity index (χ4n) is 3.47. The first-order chi connectivity index (χ1) is 13.6. The standard InChI is InChI=1S/C20H21Cl2N3O2S/c21-16-4-1-5-17(18(16)22)24-8-10-25(11-9-24)20(26)15-3-2-7-23-19(15)27-14-6-12-28-13-14/h1-5,7,14H,6,8-13H2/t14-/m0/s1. The summed E-state index contributed by atoms with van der Waals surface area (Å²) in [6, 6.07) is 9.21. The second-order valence-electron chi connectivity index (χ2n) is 6.81. The molecule has 28 heavy (non-hydrogen) atoms. The number of hydrogen-bond acceptors (Lipinski definition) is 5. The quantitative estimate of drug-likeness (QED) is 0.715. The van der Waals surface area contributed by atoms with E-state index in [-0.39, 0.29) is 12.0 Å². The van der Waals surface area contributed by atoms with E-state index < -0.39 is 0 Å². The molecule has 8 heteroatoms. The van der Waals surface area contributed by atoms with Crippen molar-refractivity contribution in [3.8, 4) is 5.88 Å². The van der Waals surface area contributed by atoms with Gasteiger partial charge in [0.05, 0.1) is 15.7 Å². The van der Waals surface area contributed by atoms with Crippen molar-refractivity contribution in [1.29, 1.82) is 0 Å². The van der Waals surface area contributed by atoms with Crippen LogP contribution in [0, 0.1) is 0 Å². The largest absolute Gasteiger partial charge is 0.473 e. The number of piperazine rings is 1. The van der Waals surface area contributed by atoms with Gasteiger partial charge in [-0.05, 0) is 36.4 Å². The molecule has 0 saturated carbocycles. The van der Waals surface area contributed by atoms with Gasteiger partial charge in [-0.3, -0.25) is 4.79 Å². The maximum atomic E-state index is 13.1. The van der Waals surface area contributed by atoms with E-state index in [1.54, 1.807) is 24.4 Å². The highest BCUT2D eigenvalue weighted by Gasteiger charge is 2.27. The molecule has 0 aliphatic carbocycles. The second kappa shape index (κ2) is 8.80. The van der Waals surface area contributed by atoms with Gasteiger partial charge in [-0.1, -0.05) is 29.3 Å². The van der Waals surface area contributed by atoms with Gasteiger partial charge >= 0.3 is 0 Å². The van der Waals surface area contributed by atoms with Gasteiger partial charge < -0.3 is 14.5 Å². The van der Waals surface area contributed by atoms with E-state index in [1.807, 2.05) is 28.8 Å². The second-order valence-corrected chi connectivity index (χ2v) is 8.75. The molecule has 1 aromatic carbocycles. The monoisotopic (exact) mass is 437 g/mol. The summed E-state index contributed by atoms with van der Waals surface area (Å²) in [5, 5.41) is 1.10. The van der Waals surface area contributed by atoms with Crippen LogP contribution in [-0.2, 0) is 0 Å². The van der Waals surface area contributed by atoms with Gasteiger partial charge in [0, 0.05) is 38.1 Å². The Morgan fingerprint density at radius 2 is 1.96 bits per heavy atom. The summed E-state index contributed by atoms with van der Waals surface area (Å²) in [6.07, 6.45) is 2.80. The molecule has 2 aromatic rings. The molecule has 2 aliphatic heterocycles. The summed E-state index contributed by atoms with van der Waals surface area (Å²) in [7, 11) is 0. The summed E-state index contributed by atoms with van der Waals surface area (Å²) in [5.41, 5.74) is 1.44. The van der Waals surface area contributed by atoms with E-state index in [4.69, 9.17) is 27.9 Å². The number of carbonyl (C=O) groups excluding carboxylic acids is 1. The number of pyridine rings is 1. The summed E-state index contributed by atoms with van der Waals surface area (Å²) in [4.78, 5) is 21.4. The minimum Gasteiger partial charge on any atom is -0.473 e. The smallest absolute Gasteiger partial charge is 0.259 e. The average molecular weight is 438 g/mol. The highest BCUT2D eigenvalue weighted by atomic mass is 35.5. The van der Waals surface area contributed by atoms with Crippen LogP contribution in [0.1, 0.15) is 16.8 Å². The molecule has 1 amide bonds. The van der Waals surface area contributed by atoms with E-state index in [0.29, 0.717) is 47.7 Å². The number of halogens is 2. The number of ether oxygens (including phenoxy) is 1. The molecule has 0 unspecified atom stereocenters. The summed E-state index contributed by atoms with van der Waals surface area (Å²) in [6.45, 7) is 2.60. The normalized spacial score (nSPS) is 19.7. The number of hydrogen-bond donors (Lipinski definition) is 0. The van der Waals surface area contributed by atoms with Crippen molar-refractivity contribution in [2.75, 3.05) is 42.6 Å². The number of anilines is 1. The van der Waals surface area contributed by atoms with Gasteiger partial charge in [-0.2, -0.15) is 11.8 Å². The van der Waals surface area contributed by atoms with Crippen molar-refractivity contribution in [1.82, 2.24) is 9.88 Å². The Labute approximate surface area is 179 Å². The lowest BCUT2D eigenvalue weighted by Gasteiger charge is -2.36. The minimum absolute atomic E-state index is 0.0365. The van der Waals surface area contributed by atoms with Crippen LogP contribution in [0.5, 0.6) is 5.88 Å². The van der Waals surface area contributed by atoms with E-state index in [2.05, 4.69) is 9.88 Å². The van der Waals surface area contributed by atoms with Crippen LogP contribution in [0.3, 0.4) is 0 Å². The molecule has 2 fully saturated rings. The third-order valence-corrected chi connectivity index (χ3v) is 6.95. The van der Waals surface area contributed by atoms with Crippen LogP contribution in [-0.4, -0.2) is 59.6 Å². The molecule has 3 heterocycles. The summed E-state index contributed by atoms with van der Waals surface area (Å²) >= 11 is 14.3. The molecule has 4 rings (SSSR count). The van der Waals surface area contributed by atoms with Crippen molar-refractivity contribution in [3.05, 3.63) is 52.1 Å². The fourth-order valence-corrected chi connectivity index (χ4v) is 4.98. The Morgan fingerprint density at radius 1 is 1.14 bits per heavy atom.